The van der Waals surface area contributed by atoms with E-state index in [0.29, 0.717) is 32.4 Å². The largest absolute Gasteiger partial charge is 0.388 e. The van der Waals surface area contributed by atoms with Crippen LogP contribution in [0.2, 0.25) is 0 Å². The fraction of sp³-hybridized carbons (Fsp3) is 0.294. The second-order valence-electron chi connectivity index (χ2n) is 11.5. The summed E-state index contributed by atoms with van der Waals surface area (Å²) in [6.07, 6.45) is 7.80. The molecule has 1 spiro atoms. The van der Waals surface area contributed by atoms with Gasteiger partial charge in [-0.3, -0.25) is 4.79 Å². The molecule has 39 heavy (non-hydrogen) atoms. The lowest BCUT2D eigenvalue weighted by atomic mass is 9.85. The number of halogens is 1. The number of benzene rings is 3. The highest BCUT2D eigenvalue weighted by molar-refractivity contribution is 6.02. The summed E-state index contributed by atoms with van der Waals surface area (Å²) in [7, 11) is 0. The van der Waals surface area contributed by atoms with Crippen LogP contribution >= 0.6 is 0 Å². The lowest BCUT2D eigenvalue weighted by Gasteiger charge is -2.36. The first kappa shape index (κ1) is 26.6. The molecule has 0 N–H and O–H groups in total. The van der Waals surface area contributed by atoms with Gasteiger partial charge in [-0.2, -0.15) is 0 Å². The Balaban J connectivity index is 1.30. The highest BCUT2D eigenvalue weighted by Gasteiger charge is 2.43. The van der Waals surface area contributed by atoms with Crippen LogP contribution in [0.4, 0.5) is 4.39 Å². The second-order valence-corrected chi connectivity index (χ2v) is 11.5. The molecule has 1 amide bonds. The van der Waals surface area contributed by atoms with Crippen molar-refractivity contribution in [2.75, 3.05) is 13.1 Å². The van der Waals surface area contributed by atoms with Crippen molar-refractivity contribution in [1.29, 1.82) is 0 Å². The molecule has 3 aromatic carbocycles. The zero-order valence-corrected chi connectivity index (χ0v) is 22.9. The molecule has 5 heteroatoms. The number of hydrogen-bond acceptors (Lipinski definition) is 3. The van der Waals surface area contributed by atoms with E-state index < -0.39 is 5.60 Å². The molecule has 1 saturated heterocycles. The first-order valence-electron chi connectivity index (χ1n) is 13.6. The van der Waals surface area contributed by atoms with Crippen LogP contribution in [0.15, 0.2) is 96.2 Å². The van der Waals surface area contributed by atoms with Gasteiger partial charge in [-0.25, -0.2) is 4.39 Å². The van der Waals surface area contributed by atoms with E-state index in [4.69, 9.17) is 4.84 Å². The van der Waals surface area contributed by atoms with Crippen LogP contribution < -0.4 is 0 Å². The summed E-state index contributed by atoms with van der Waals surface area (Å²) < 4.78 is 13.7. The minimum Gasteiger partial charge on any atom is -0.388 e. The molecule has 2 aliphatic heterocycles. The van der Waals surface area contributed by atoms with E-state index >= 15 is 0 Å². The quantitative estimate of drug-likeness (QED) is 0.259. The molecular formula is C34H35FN2O2. The fourth-order valence-electron chi connectivity index (χ4n) is 5.11. The van der Waals surface area contributed by atoms with Gasteiger partial charge >= 0.3 is 0 Å². The third kappa shape index (κ3) is 6.36. The normalized spacial score (nSPS) is 17.4. The molecule has 0 aliphatic carbocycles. The van der Waals surface area contributed by atoms with Crippen molar-refractivity contribution in [1.82, 2.24) is 4.90 Å². The summed E-state index contributed by atoms with van der Waals surface area (Å²) in [6, 6.07) is 25.0. The third-order valence-corrected chi connectivity index (χ3v) is 7.60. The zero-order valence-electron chi connectivity index (χ0n) is 22.9. The van der Waals surface area contributed by atoms with Gasteiger partial charge in [0.05, 0.1) is 5.71 Å². The number of amides is 1. The van der Waals surface area contributed by atoms with E-state index in [9.17, 15) is 9.18 Å². The lowest BCUT2D eigenvalue weighted by molar-refractivity contribution is -0.131. The van der Waals surface area contributed by atoms with Crippen LogP contribution in [0.3, 0.4) is 0 Å². The molecule has 0 aromatic heterocycles. The number of likely N-dealkylation sites (tertiary alicyclic amines) is 1. The van der Waals surface area contributed by atoms with Crippen molar-refractivity contribution in [3.8, 4) is 0 Å². The van der Waals surface area contributed by atoms with Crippen LogP contribution in [-0.4, -0.2) is 35.2 Å². The maximum Gasteiger partial charge on any atom is 0.247 e. The number of piperidine rings is 1. The maximum atomic E-state index is 13.7. The van der Waals surface area contributed by atoms with E-state index in [0.717, 1.165) is 28.0 Å². The molecule has 0 unspecified atom stereocenters. The number of allylic oxidation sites excluding steroid dienone is 2. The van der Waals surface area contributed by atoms with Gasteiger partial charge in [-0.15, -0.1) is 0 Å². The van der Waals surface area contributed by atoms with Crippen molar-refractivity contribution in [3.63, 3.8) is 0 Å². The Bertz CT molecular complexity index is 1410. The van der Waals surface area contributed by atoms with Gasteiger partial charge in [0, 0.05) is 44.0 Å². The van der Waals surface area contributed by atoms with Gasteiger partial charge in [0.2, 0.25) is 5.91 Å². The molecule has 0 radical (unpaired) electrons. The molecule has 0 bridgehead atoms. The Morgan fingerprint density at radius 1 is 0.974 bits per heavy atom. The minimum absolute atomic E-state index is 0.0123. The van der Waals surface area contributed by atoms with Gasteiger partial charge in [-0.1, -0.05) is 105 Å². The van der Waals surface area contributed by atoms with E-state index in [1.54, 1.807) is 12.1 Å². The van der Waals surface area contributed by atoms with Crippen molar-refractivity contribution in [2.24, 2.45) is 5.16 Å². The molecule has 2 aliphatic rings. The average Bonchev–Trinajstić information content (AvgIpc) is 3.35. The maximum absolute atomic E-state index is 13.7. The summed E-state index contributed by atoms with van der Waals surface area (Å²) >= 11 is 0. The minimum atomic E-state index is -0.430. The summed E-state index contributed by atoms with van der Waals surface area (Å²) in [5, 5.41) is 4.28. The highest BCUT2D eigenvalue weighted by Crippen LogP contribution is 2.36. The fourth-order valence-corrected chi connectivity index (χ4v) is 5.11. The van der Waals surface area contributed by atoms with Crippen molar-refractivity contribution in [2.45, 2.75) is 51.0 Å². The first-order chi connectivity index (χ1) is 18.7. The van der Waals surface area contributed by atoms with E-state index in [1.165, 1.54) is 17.7 Å². The smallest absolute Gasteiger partial charge is 0.247 e. The number of nitrogens with zero attached hydrogens (tertiary/aromatic N) is 2. The molecule has 5 rings (SSSR count). The summed E-state index contributed by atoms with van der Waals surface area (Å²) in [6.45, 7) is 7.75. The molecule has 2 heterocycles. The van der Waals surface area contributed by atoms with Gasteiger partial charge in [0.25, 0.3) is 0 Å². The van der Waals surface area contributed by atoms with Crippen molar-refractivity contribution >= 4 is 23.3 Å². The van der Waals surface area contributed by atoms with E-state index in [-0.39, 0.29) is 17.1 Å². The van der Waals surface area contributed by atoms with Crippen LogP contribution in [0.25, 0.3) is 11.6 Å². The molecule has 1 fully saturated rings. The Labute approximate surface area is 230 Å². The van der Waals surface area contributed by atoms with Gasteiger partial charge < -0.3 is 9.74 Å². The number of oxime groups is 1. The second kappa shape index (κ2) is 11.0. The molecule has 0 atom stereocenters. The van der Waals surface area contributed by atoms with Crippen LogP contribution in [0.5, 0.6) is 0 Å². The van der Waals surface area contributed by atoms with Crippen LogP contribution in [-0.2, 0) is 15.0 Å². The highest BCUT2D eigenvalue weighted by atomic mass is 19.1. The van der Waals surface area contributed by atoms with Crippen molar-refractivity contribution < 1.29 is 14.0 Å². The van der Waals surface area contributed by atoms with Gasteiger partial charge in [-0.05, 0) is 39.8 Å². The van der Waals surface area contributed by atoms with E-state index in [2.05, 4.69) is 50.2 Å². The summed E-state index contributed by atoms with van der Waals surface area (Å²) in [5.74, 6) is -0.296. The van der Waals surface area contributed by atoms with E-state index in [1.807, 2.05) is 53.5 Å². The lowest BCUT2D eigenvalue weighted by Crippen LogP contribution is -2.46. The summed E-state index contributed by atoms with van der Waals surface area (Å²) in [5.41, 5.74) is 5.35. The predicted molar refractivity (Wildman–Crippen MR) is 156 cm³/mol. The number of hydrogen-bond donors (Lipinski definition) is 0. The van der Waals surface area contributed by atoms with Crippen LogP contribution in [0.1, 0.15) is 62.3 Å². The molecule has 4 nitrogen and oxygen atoms in total. The molecular weight excluding hydrogens is 487 g/mol. The molecule has 3 aromatic rings. The number of carbonyl (C=O) groups is 1. The molecule has 200 valence electrons. The third-order valence-electron chi connectivity index (χ3n) is 7.60. The Hall–Kier alpha value is -3.99. The average molecular weight is 523 g/mol. The van der Waals surface area contributed by atoms with Gasteiger partial charge in [0.15, 0.2) is 0 Å². The van der Waals surface area contributed by atoms with Crippen molar-refractivity contribution in [3.05, 3.63) is 119 Å². The molecule has 0 saturated carbocycles. The first-order valence-corrected chi connectivity index (χ1v) is 13.6. The zero-order chi connectivity index (χ0) is 27.5. The van der Waals surface area contributed by atoms with Gasteiger partial charge in [0.1, 0.15) is 11.4 Å². The predicted octanol–water partition coefficient (Wildman–Crippen LogP) is 7.41. The Morgan fingerprint density at radius 3 is 2.36 bits per heavy atom. The Kier molecular flexibility index (Phi) is 7.51. The number of carbonyl (C=O) groups excluding carboxylic acids is 1. The summed E-state index contributed by atoms with van der Waals surface area (Å²) in [4.78, 5) is 21.2. The number of rotatable bonds is 5. The Morgan fingerprint density at radius 2 is 1.69 bits per heavy atom. The SMILES string of the molecule is CC(C)(C)c1ccc(C(C=Cc2ccccc2)=CC(=O)N2CCC3(CC2)CC(c2cccc(F)c2)=NO3)cc1. The van der Waals surface area contributed by atoms with Crippen LogP contribution in [0, 0.1) is 5.82 Å². The standard InChI is InChI=1S/C34H35FN2O2/c1-33(2,3)29-16-14-26(15-17-29)27(13-12-25-8-5-4-6-9-25)23-32(38)37-20-18-34(19-21-37)24-31(36-39-34)28-10-7-11-30(35)22-28/h4-17,22-23H,18-21,24H2,1-3H3. The monoisotopic (exact) mass is 522 g/mol. The topological polar surface area (TPSA) is 41.9 Å².